The number of halogens is 2. The molecule has 9 heteroatoms. The molecule has 112 valence electrons. The highest BCUT2D eigenvalue weighted by atomic mass is 35.5. The molecule has 1 aromatic rings. The van der Waals surface area contributed by atoms with Gasteiger partial charge >= 0.3 is 10.2 Å². The van der Waals surface area contributed by atoms with E-state index in [4.69, 9.17) is 11.6 Å². The zero-order chi connectivity index (χ0) is 15.8. The van der Waals surface area contributed by atoms with Gasteiger partial charge in [0.1, 0.15) is 5.82 Å². The summed E-state index contributed by atoms with van der Waals surface area (Å²) in [5, 5.41) is 2.37. The SMILES string of the molecule is CC1=NS(=O)(=O)N(C)C=C1C(=O)Nc1ccc(F)c(Cl)c1. The van der Waals surface area contributed by atoms with Gasteiger partial charge in [-0.2, -0.15) is 8.42 Å². The molecule has 0 fully saturated rings. The van der Waals surface area contributed by atoms with Gasteiger partial charge in [-0.05, 0) is 25.1 Å². The van der Waals surface area contributed by atoms with Gasteiger partial charge in [0, 0.05) is 18.9 Å². The van der Waals surface area contributed by atoms with Crippen LogP contribution in [0.15, 0.2) is 34.4 Å². The van der Waals surface area contributed by atoms with E-state index >= 15 is 0 Å². The second-order valence-electron chi connectivity index (χ2n) is 4.30. The Morgan fingerprint density at radius 3 is 2.71 bits per heavy atom. The zero-order valence-electron chi connectivity index (χ0n) is 11.1. The molecule has 0 bridgehead atoms. The minimum atomic E-state index is -3.77. The first-order chi connectivity index (χ1) is 9.70. The lowest BCUT2D eigenvalue weighted by Gasteiger charge is -2.19. The quantitative estimate of drug-likeness (QED) is 0.899. The van der Waals surface area contributed by atoms with E-state index < -0.39 is 21.9 Å². The number of carbonyl (C=O) groups excluding carboxylic acids is 1. The third-order valence-corrected chi connectivity index (χ3v) is 4.37. The minimum absolute atomic E-state index is 0.0683. The fourth-order valence-electron chi connectivity index (χ4n) is 1.62. The van der Waals surface area contributed by atoms with Crippen molar-refractivity contribution in [2.75, 3.05) is 12.4 Å². The molecule has 0 atom stereocenters. The van der Waals surface area contributed by atoms with E-state index in [1.54, 1.807) is 0 Å². The Morgan fingerprint density at radius 2 is 2.10 bits per heavy atom. The number of nitrogens with one attached hydrogen (secondary N) is 1. The number of rotatable bonds is 2. The number of anilines is 1. The van der Waals surface area contributed by atoms with Crippen LogP contribution in [-0.4, -0.2) is 31.4 Å². The summed E-state index contributed by atoms with van der Waals surface area (Å²) in [6.07, 6.45) is 1.16. The molecule has 0 aliphatic carbocycles. The first kappa shape index (κ1) is 15.5. The van der Waals surface area contributed by atoms with Gasteiger partial charge in [0.2, 0.25) is 0 Å². The van der Waals surface area contributed by atoms with Crippen LogP contribution in [0.5, 0.6) is 0 Å². The average molecular weight is 332 g/mol. The first-order valence-electron chi connectivity index (χ1n) is 5.74. The molecule has 0 saturated heterocycles. The lowest BCUT2D eigenvalue weighted by Crippen LogP contribution is -2.30. The Labute approximate surface area is 126 Å². The van der Waals surface area contributed by atoms with Crippen molar-refractivity contribution in [3.05, 3.63) is 40.8 Å². The lowest BCUT2D eigenvalue weighted by molar-refractivity contribution is -0.112. The molecule has 0 saturated carbocycles. The Balaban J connectivity index is 2.25. The first-order valence-corrected chi connectivity index (χ1v) is 7.51. The summed E-state index contributed by atoms with van der Waals surface area (Å²) in [4.78, 5) is 12.1. The van der Waals surface area contributed by atoms with E-state index in [0.29, 0.717) is 0 Å². The molecule has 0 unspecified atom stereocenters. The minimum Gasteiger partial charge on any atom is -0.322 e. The summed E-state index contributed by atoms with van der Waals surface area (Å²) >= 11 is 5.62. The average Bonchev–Trinajstić information content (AvgIpc) is 2.37. The second-order valence-corrected chi connectivity index (χ2v) is 6.36. The van der Waals surface area contributed by atoms with E-state index in [0.717, 1.165) is 16.6 Å². The molecule has 21 heavy (non-hydrogen) atoms. The van der Waals surface area contributed by atoms with E-state index in [1.165, 1.54) is 26.1 Å². The fraction of sp³-hybridized carbons (Fsp3) is 0.167. The van der Waals surface area contributed by atoms with Crippen molar-refractivity contribution in [1.82, 2.24) is 4.31 Å². The van der Waals surface area contributed by atoms with Crippen LogP contribution in [0.1, 0.15) is 6.92 Å². The van der Waals surface area contributed by atoms with Crippen LogP contribution in [0, 0.1) is 5.82 Å². The smallest absolute Gasteiger partial charge is 0.322 e. The van der Waals surface area contributed by atoms with Crippen molar-refractivity contribution >= 4 is 39.1 Å². The van der Waals surface area contributed by atoms with E-state index in [9.17, 15) is 17.6 Å². The van der Waals surface area contributed by atoms with Crippen LogP contribution in [0.3, 0.4) is 0 Å². The van der Waals surface area contributed by atoms with Crippen LogP contribution in [0.2, 0.25) is 5.02 Å². The summed E-state index contributed by atoms with van der Waals surface area (Å²) in [7, 11) is -2.50. The number of hydrogen-bond donors (Lipinski definition) is 1. The third-order valence-electron chi connectivity index (χ3n) is 2.74. The predicted octanol–water partition coefficient (Wildman–Crippen LogP) is 1.95. The molecule has 1 aliphatic heterocycles. The summed E-state index contributed by atoms with van der Waals surface area (Å²) in [5.41, 5.74) is 0.447. The standard InChI is InChI=1S/C12H11ClFN3O3S/c1-7-9(6-17(2)21(19,20)16-7)12(18)15-8-3-4-11(14)10(13)5-8/h3-6H,1-2H3,(H,15,18). The number of benzene rings is 1. The maximum Gasteiger partial charge on any atom is 0.344 e. The predicted molar refractivity (Wildman–Crippen MR) is 77.9 cm³/mol. The Hall–Kier alpha value is -1.93. The van der Waals surface area contributed by atoms with E-state index in [1.807, 2.05) is 0 Å². The van der Waals surface area contributed by atoms with Gasteiger partial charge in [0.05, 0.1) is 16.3 Å². The van der Waals surface area contributed by atoms with Gasteiger partial charge in [-0.25, -0.2) is 4.39 Å². The molecule has 0 aromatic heterocycles. The molecule has 1 aromatic carbocycles. The summed E-state index contributed by atoms with van der Waals surface area (Å²) in [5.74, 6) is -1.17. The van der Waals surface area contributed by atoms with Crippen LogP contribution < -0.4 is 5.32 Å². The lowest BCUT2D eigenvalue weighted by atomic mass is 10.1. The van der Waals surface area contributed by atoms with Crippen molar-refractivity contribution in [1.29, 1.82) is 0 Å². The topological polar surface area (TPSA) is 78.8 Å². The maximum absolute atomic E-state index is 13.0. The molecule has 1 N–H and O–H groups in total. The van der Waals surface area contributed by atoms with E-state index in [-0.39, 0.29) is 22.0 Å². The maximum atomic E-state index is 13.0. The summed E-state index contributed by atoms with van der Waals surface area (Å²) in [6.45, 7) is 1.41. The number of hydrogen-bond acceptors (Lipinski definition) is 3. The fourth-order valence-corrected chi connectivity index (χ4v) is 2.62. The van der Waals surface area contributed by atoms with Crippen LogP contribution >= 0.6 is 11.6 Å². The Morgan fingerprint density at radius 1 is 1.43 bits per heavy atom. The molecule has 1 aliphatic rings. The van der Waals surface area contributed by atoms with Crippen molar-refractivity contribution in [3.63, 3.8) is 0 Å². The Kier molecular flexibility index (Phi) is 4.02. The normalized spacial score (nSPS) is 17.0. The highest BCUT2D eigenvalue weighted by Gasteiger charge is 2.25. The molecule has 0 radical (unpaired) electrons. The molecule has 0 spiro atoms. The second kappa shape index (κ2) is 5.45. The summed E-state index contributed by atoms with van der Waals surface area (Å²) in [6, 6.07) is 3.71. The van der Waals surface area contributed by atoms with Crippen molar-refractivity contribution in [2.45, 2.75) is 6.92 Å². The zero-order valence-corrected chi connectivity index (χ0v) is 12.7. The third kappa shape index (κ3) is 3.22. The number of carbonyl (C=O) groups is 1. The largest absolute Gasteiger partial charge is 0.344 e. The molecule has 6 nitrogen and oxygen atoms in total. The number of nitrogens with zero attached hydrogens (tertiary/aromatic N) is 2. The van der Waals surface area contributed by atoms with E-state index in [2.05, 4.69) is 9.71 Å². The van der Waals surface area contributed by atoms with Gasteiger partial charge < -0.3 is 5.32 Å². The van der Waals surface area contributed by atoms with Crippen molar-refractivity contribution < 1.29 is 17.6 Å². The molecular weight excluding hydrogens is 321 g/mol. The molecule has 2 rings (SSSR count). The van der Waals surface area contributed by atoms with Crippen molar-refractivity contribution in [3.8, 4) is 0 Å². The molecule has 1 heterocycles. The van der Waals surface area contributed by atoms with Crippen molar-refractivity contribution in [2.24, 2.45) is 4.40 Å². The van der Waals surface area contributed by atoms with Gasteiger partial charge in [-0.15, -0.1) is 4.40 Å². The van der Waals surface area contributed by atoms with Crippen LogP contribution in [0.4, 0.5) is 10.1 Å². The van der Waals surface area contributed by atoms with Gasteiger partial charge in [0.25, 0.3) is 5.91 Å². The molecule has 1 amide bonds. The van der Waals surface area contributed by atoms with Gasteiger partial charge in [-0.1, -0.05) is 11.6 Å². The Bertz CT molecular complexity index is 774. The van der Waals surface area contributed by atoms with Gasteiger partial charge in [0.15, 0.2) is 0 Å². The van der Waals surface area contributed by atoms with Crippen LogP contribution in [-0.2, 0) is 15.0 Å². The number of amides is 1. The molecular formula is C12H11ClFN3O3S. The highest BCUT2D eigenvalue weighted by molar-refractivity contribution is 7.88. The highest BCUT2D eigenvalue weighted by Crippen LogP contribution is 2.21. The van der Waals surface area contributed by atoms with Crippen LogP contribution in [0.25, 0.3) is 0 Å². The van der Waals surface area contributed by atoms with Gasteiger partial charge in [-0.3, -0.25) is 9.10 Å². The monoisotopic (exact) mass is 331 g/mol. The summed E-state index contributed by atoms with van der Waals surface area (Å²) < 4.78 is 40.4.